The number of fused-ring (bicyclic) bond motifs is 1. The average molecular weight is 359 g/mol. The fourth-order valence-electron chi connectivity index (χ4n) is 3.23. The van der Waals surface area contributed by atoms with Crippen molar-refractivity contribution in [2.75, 3.05) is 19.7 Å². The van der Waals surface area contributed by atoms with Gasteiger partial charge in [-0.25, -0.2) is 0 Å². The van der Waals surface area contributed by atoms with Crippen molar-refractivity contribution in [3.05, 3.63) is 30.0 Å². The normalized spacial score (nSPS) is 11.0. The number of hydrogen-bond donors (Lipinski definition) is 3. The maximum Gasteiger partial charge on any atom is 0.188 e. The van der Waals surface area contributed by atoms with Gasteiger partial charge < -0.3 is 20.4 Å². The zero-order valence-corrected chi connectivity index (χ0v) is 16.3. The Balaban J connectivity index is 1.87. The SMILES string of the molecule is CCCCCCCCOc1ccc2[nH]cc(CCN(CC)C(=N)N)c2c1. The van der Waals surface area contributed by atoms with Crippen LogP contribution in [0, 0.1) is 5.41 Å². The van der Waals surface area contributed by atoms with E-state index in [-0.39, 0.29) is 5.96 Å². The van der Waals surface area contributed by atoms with Gasteiger partial charge in [0.15, 0.2) is 5.96 Å². The smallest absolute Gasteiger partial charge is 0.188 e. The number of hydrogen-bond acceptors (Lipinski definition) is 2. The highest BCUT2D eigenvalue weighted by atomic mass is 16.5. The topological polar surface area (TPSA) is 78.1 Å². The summed E-state index contributed by atoms with van der Waals surface area (Å²) in [6, 6.07) is 6.24. The van der Waals surface area contributed by atoms with E-state index in [0.29, 0.717) is 0 Å². The maximum absolute atomic E-state index is 7.60. The highest BCUT2D eigenvalue weighted by Gasteiger charge is 2.09. The number of nitrogens with two attached hydrogens (primary N) is 1. The van der Waals surface area contributed by atoms with E-state index in [0.717, 1.165) is 43.8 Å². The Morgan fingerprint density at radius 2 is 1.92 bits per heavy atom. The second kappa shape index (κ2) is 10.7. The van der Waals surface area contributed by atoms with Crippen molar-refractivity contribution < 1.29 is 4.74 Å². The monoisotopic (exact) mass is 358 g/mol. The lowest BCUT2D eigenvalue weighted by atomic mass is 10.1. The number of aromatic amines is 1. The Labute approximate surface area is 157 Å². The van der Waals surface area contributed by atoms with E-state index in [1.807, 2.05) is 17.9 Å². The van der Waals surface area contributed by atoms with Crippen LogP contribution in [-0.2, 0) is 6.42 Å². The molecule has 0 atom stereocenters. The minimum atomic E-state index is 0.135. The first-order chi connectivity index (χ1) is 12.7. The van der Waals surface area contributed by atoms with Crippen LogP contribution >= 0.6 is 0 Å². The van der Waals surface area contributed by atoms with Gasteiger partial charge in [0, 0.05) is 30.2 Å². The Bertz CT molecular complexity index is 680. The number of guanidine groups is 1. The first-order valence-electron chi connectivity index (χ1n) is 9.97. The Morgan fingerprint density at radius 1 is 1.15 bits per heavy atom. The van der Waals surface area contributed by atoms with Crippen LogP contribution in [-0.4, -0.2) is 35.5 Å². The largest absolute Gasteiger partial charge is 0.494 e. The molecular formula is C21H34N4O. The first-order valence-corrected chi connectivity index (χ1v) is 9.97. The number of rotatable bonds is 12. The van der Waals surface area contributed by atoms with Gasteiger partial charge in [0.2, 0.25) is 0 Å². The van der Waals surface area contributed by atoms with Gasteiger partial charge in [0.25, 0.3) is 0 Å². The molecule has 5 heteroatoms. The summed E-state index contributed by atoms with van der Waals surface area (Å²) in [5.74, 6) is 1.07. The molecule has 0 aliphatic heterocycles. The van der Waals surface area contributed by atoms with Gasteiger partial charge in [-0.15, -0.1) is 0 Å². The van der Waals surface area contributed by atoms with Gasteiger partial charge in [0.05, 0.1) is 6.61 Å². The quantitative estimate of drug-likeness (QED) is 0.293. The van der Waals surface area contributed by atoms with Crippen LogP contribution in [0.4, 0.5) is 0 Å². The molecule has 2 aromatic rings. The number of nitrogens with one attached hydrogen (secondary N) is 2. The molecule has 1 heterocycles. The van der Waals surface area contributed by atoms with Gasteiger partial charge in [0.1, 0.15) is 5.75 Å². The molecule has 0 amide bonds. The van der Waals surface area contributed by atoms with Crippen molar-refractivity contribution in [1.82, 2.24) is 9.88 Å². The summed E-state index contributed by atoms with van der Waals surface area (Å²) in [6.07, 6.45) is 10.5. The second-order valence-electron chi connectivity index (χ2n) is 6.85. The molecule has 0 saturated heterocycles. The Kier molecular flexibility index (Phi) is 8.32. The van der Waals surface area contributed by atoms with E-state index >= 15 is 0 Å². The molecule has 5 nitrogen and oxygen atoms in total. The van der Waals surface area contributed by atoms with Crippen molar-refractivity contribution >= 4 is 16.9 Å². The second-order valence-corrected chi connectivity index (χ2v) is 6.85. The van der Waals surface area contributed by atoms with E-state index < -0.39 is 0 Å². The molecule has 0 spiro atoms. The summed E-state index contributed by atoms with van der Waals surface area (Å²) >= 11 is 0. The van der Waals surface area contributed by atoms with Gasteiger partial charge >= 0.3 is 0 Å². The third-order valence-electron chi connectivity index (χ3n) is 4.88. The lowest BCUT2D eigenvalue weighted by Crippen LogP contribution is -2.37. The van der Waals surface area contributed by atoms with E-state index in [1.54, 1.807) is 0 Å². The summed E-state index contributed by atoms with van der Waals surface area (Å²) in [4.78, 5) is 5.20. The van der Waals surface area contributed by atoms with E-state index in [1.165, 1.54) is 43.1 Å². The van der Waals surface area contributed by atoms with E-state index in [4.69, 9.17) is 15.9 Å². The molecule has 144 valence electrons. The summed E-state index contributed by atoms with van der Waals surface area (Å²) in [5.41, 5.74) is 7.97. The third kappa shape index (κ3) is 5.97. The summed E-state index contributed by atoms with van der Waals surface area (Å²) in [6.45, 7) is 6.55. The summed E-state index contributed by atoms with van der Waals surface area (Å²) in [5, 5.41) is 8.80. The van der Waals surface area contributed by atoms with Gasteiger partial charge in [-0.05, 0) is 43.5 Å². The fourth-order valence-corrected chi connectivity index (χ4v) is 3.23. The molecule has 2 rings (SSSR count). The molecule has 1 aromatic carbocycles. The van der Waals surface area contributed by atoms with Gasteiger partial charge in [-0.3, -0.25) is 5.41 Å². The number of aromatic nitrogens is 1. The molecule has 0 fully saturated rings. The van der Waals surface area contributed by atoms with Crippen LogP contribution in [0.3, 0.4) is 0 Å². The van der Waals surface area contributed by atoms with Crippen LogP contribution in [0.1, 0.15) is 57.9 Å². The molecule has 0 aliphatic carbocycles. The van der Waals surface area contributed by atoms with Crippen LogP contribution in [0.15, 0.2) is 24.4 Å². The standard InChI is InChI=1S/C21H34N4O/c1-3-5-6-7-8-9-14-26-18-10-11-20-19(15-18)17(16-24-20)12-13-25(4-2)21(22)23/h10-11,15-16,24H,3-9,12-14H2,1-2H3,(H3,22,23). The molecule has 4 N–H and O–H groups in total. The van der Waals surface area contributed by atoms with Crippen LogP contribution < -0.4 is 10.5 Å². The average Bonchev–Trinajstić information content (AvgIpc) is 3.03. The lowest BCUT2D eigenvalue weighted by Gasteiger charge is -2.20. The minimum absolute atomic E-state index is 0.135. The molecule has 0 aliphatic rings. The van der Waals surface area contributed by atoms with Crippen molar-refractivity contribution in [2.24, 2.45) is 5.73 Å². The molecular weight excluding hydrogens is 324 g/mol. The van der Waals surface area contributed by atoms with Crippen molar-refractivity contribution in [2.45, 2.75) is 58.8 Å². The number of benzene rings is 1. The highest BCUT2D eigenvalue weighted by Crippen LogP contribution is 2.24. The number of likely N-dealkylation sites (N-methyl/N-ethyl adjacent to an activating group) is 1. The number of ether oxygens (including phenoxy) is 1. The van der Waals surface area contributed by atoms with Gasteiger partial charge in [-0.1, -0.05) is 39.0 Å². The zero-order chi connectivity index (χ0) is 18.8. The molecule has 0 unspecified atom stereocenters. The Hall–Kier alpha value is -2.17. The van der Waals surface area contributed by atoms with Crippen molar-refractivity contribution in [3.8, 4) is 5.75 Å². The lowest BCUT2D eigenvalue weighted by molar-refractivity contribution is 0.305. The first kappa shape index (κ1) is 20.1. The molecule has 1 aromatic heterocycles. The molecule has 0 radical (unpaired) electrons. The summed E-state index contributed by atoms with van der Waals surface area (Å²) in [7, 11) is 0. The van der Waals surface area contributed by atoms with Crippen LogP contribution in [0.2, 0.25) is 0 Å². The minimum Gasteiger partial charge on any atom is -0.494 e. The summed E-state index contributed by atoms with van der Waals surface area (Å²) < 4.78 is 5.95. The zero-order valence-electron chi connectivity index (χ0n) is 16.3. The van der Waals surface area contributed by atoms with Crippen molar-refractivity contribution in [1.29, 1.82) is 5.41 Å². The molecule has 0 bridgehead atoms. The van der Waals surface area contributed by atoms with Crippen molar-refractivity contribution in [3.63, 3.8) is 0 Å². The predicted octanol–water partition coefficient (Wildman–Crippen LogP) is 4.67. The number of H-pyrrole nitrogens is 1. The number of unbranched alkanes of at least 4 members (excludes halogenated alkanes) is 5. The fraction of sp³-hybridized carbons (Fsp3) is 0.571. The third-order valence-corrected chi connectivity index (χ3v) is 4.88. The van der Waals surface area contributed by atoms with E-state index in [2.05, 4.69) is 30.2 Å². The van der Waals surface area contributed by atoms with Crippen LogP contribution in [0.5, 0.6) is 5.75 Å². The highest BCUT2D eigenvalue weighted by molar-refractivity contribution is 5.84. The maximum atomic E-state index is 7.60. The predicted molar refractivity (Wildman–Crippen MR) is 110 cm³/mol. The van der Waals surface area contributed by atoms with Crippen LogP contribution in [0.25, 0.3) is 10.9 Å². The van der Waals surface area contributed by atoms with E-state index in [9.17, 15) is 0 Å². The van der Waals surface area contributed by atoms with Gasteiger partial charge in [-0.2, -0.15) is 0 Å². The number of nitrogens with zero attached hydrogens (tertiary/aromatic N) is 1. The Morgan fingerprint density at radius 3 is 2.65 bits per heavy atom. The molecule has 26 heavy (non-hydrogen) atoms. The molecule has 0 saturated carbocycles.